The van der Waals surface area contributed by atoms with Gasteiger partial charge in [-0.15, -0.1) is 0 Å². The molecule has 0 aromatic heterocycles. The van der Waals surface area contributed by atoms with E-state index in [9.17, 15) is 10.2 Å². The van der Waals surface area contributed by atoms with E-state index in [-0.39, 0.29) is 30.1 Å². The van der Waals surface area contributed by atoms with Gasteiger partial charge in [0.15, 0.2) is 0 Å². The molecule has 2 aliphatic carbocycles. The molecule has 2 fully saturated rings. The highest BCUT2D eigenvalue weighted by atomic mass is 16.3. The Morgan fingerprint density at radius 3 is 1.50 bits per heavy atom. The van der Waals surface area contributed by atoms with Gasteiger partial charge in [-0.25, -0.2) is 0 Å². The van der Waals surface area contributed by atoms with Gasteiger partial charge >= 0.3 is 0 Å². The van der Waals surface area contributed by atoms with Crippen molar-refractivity contribution in [2.45, 2.75) is 69.6 Å². The van der Waals surface area contributed by atoms with E-state index in [1.807, 2.05) is 0 Å². The van der Waals surface area contributed by atoms with Crippen LogP contribution in [0.1, 0.15) is 51.4 Å². The summed E-state index contributed by atoms with van der Waals surface area (Å²) in [5.74, 6) is 0.429. The quantitative estimate of drug-likeness (QED) is 0.668. The molecule has 3 nitrogen and oxygen atoms in total. The van der Waals surface area contributed by atoms with Crippen molar-refractivity contribution in [3.8, 4) is 0 Å². The largest absolute Gasteiger partial charge is 0.393 e. The lowest BCUT2D eigenvalue weighted by molar-refractivity contribution is -0.00117. The van der Waals surface area contributed by atoms with Crippen molar-refractivity contribution in [2.75, 3.05) is 0 Å². The van der Waals surface area contributed by atoms with E-state index >= 15 is 0 Å². The summed E-state index contributed by atoms with van der Waals surface area (Å²) in [4.78, 5) is 0. The molecule has 0 amide bonds. The minimum atomic E-state index is -0.238. The molecule has 0 spiro atoms. The third-order valence-corrected chi connectivity index (χ3v) is 4.55. The molecule has 4 unspecified atom stereocenters. The van der Waals surface area contributed by atoms with Crippen LogP contribution in [0.5, 0.6) is 0 Å². The second-order valence-corrected chi connectivity index (χ2v) is 5.61. The second-order valence-electron chi connectivity index (χ2n) is 5.61. The minimum Gasteiger partial charge on any atom is -0.393 e. The topological polar surface area (TPSA) is 66.5 Å². The molecule has 0 saturated heterocycles. The van der Waals surface area contributed by atoms with Crippen LogP contribution in [0.25, 0.3) is 0 Å². The van der Waals surface area contributed by atoms with Gasteiger partial charge in [-0.05, 0) is 25.7 Å². The summed E-state index contributed by atoms with van der Waals surface area (Å²) in [6.07, 6.45) is 7.97. The van der Waals surface area contributed by atoms with Gasteiger partial charge in [0.1, 0.15) is 0 Å². The number of rotatable bonds is 2. The van der Waals surface area contributed by atoms with Crippen LogP contribution in [-0.2, 0) is 0 Å². The van der Waals surface area contributed by atoms with Crippen LogP contribution in [0.4, 0.5) is 0 Å². The van der Waals surface area contributed by atoms with Gasteiger partial charge in [-0.1, -0.05) is 25.7 Å². The first-order valence-electron chi connectivity index (χ1n) is 6.82. The fourth-order valence-electron chi connectivity index (χ4n) is 3.50. The molecule has 4 atom stereocenters. The van der Waals surface area contributed by atoms with Crippen molar-refractivity contribution >= 4 is 0 Å². The maximum atomic E-state index is 9.99. The van der Waals surface area contributed by atoms with Crippen molar-refractivity contribution in [1.29, 1.82) is 0 Å². The van der Waals surface area contributed by atoms with Gasteiger partial charge in [-0.3, -0.25) is 0 Å². The lowest BCUT2D eigenvalue weighted by Gasteiger charge is -2.40. The summed E-state index contributed by atoms with van der Waals surface area (Å²) < 4.78 is 0. The third kappa shape index (κ3) is 2.58. The molecule has 0 aromatic carbocycles. The number of hydrogen-bond acceptors (Lipinski definition) is 3. The van der Waals surface area contributed by atoms with E-state index in [4.69, 9.17) is 5.73 Å². The summed E-state index contributed by atoms with van der Waals surface area (Å²) >= 11 is 0. The van der Waals surface area contributed by atoms with E-state index in [0.29, 0.717) is 0 Å². The summed E-state index contributed by atoms with van der Waals surface area (Å²) in [6.45, 7) is 0. The van der Waals surface area contributed by atoms with E-state index in [2.05, 4.69) is 0 Å². The predicted molar refractivity (Wildman–Crippen MR) is 63.9 cm³/mol. The Labute approximate surface area is 98.0 Å². The molecule has 0 bridgehead atoms. The predicted octanol–water partition coefficient (Wildman–Crippen LogP) is 1.42. The Morgan fingerprint density at radius 2 is 1.12 bits per heavy atom. The van der Waals surface area contributed by atoms with Crippen molar-refractivity contribution in [3.05, 3.63) is 0 Å². The third-order valence-electron chi connectivity index (χ3n) is 4.55. The average Bonchev–Trinajstić information content (AvgIpc) is 2.29. The van der Waals surface area contributed by atoms with Gasteiger partial charge in [0.05, 0.1) is 12.2 Å². The van der Waals surface area contributed by atoms with E-state index in [0.717, 1.165) is 38.5 Å². The van der Waals surface area contributed by atoms with Gasteiger partial charge in [-0.2, -0.15) is 0 Å². The highest BCUT2D eigenvalue weighted by Crippen LogP contribution is 2.34. The van der Waals surface area contributed by atoms with Gasteiger partial charge < -0.3 is 15.9 Å². The highest BCUT2D eigenvalue weighted by Gasteiger charge is 2.36. The lowest BCUT2D eigenvalue weighted by Crippen LogP contribution is -2.49. The fraction of sp³-hybridized carbons (Fsp3) is 1.00. The van der Waals surface area contributed by atoms with Gasteiger partial charge in [0, 0.05) is 17.9 Å². The average molecular weight is 227 g/mol. The summed E-state index contributed by atoms with van der Waals surface area (Å²) in [6, 6.07) is -0.00870. The monoisotopic (exact) mass is 227 g/mol. The highest BCUT2D eigenvalue weighted by molar-refractivity contribution is 4.91. The van der Waals surface area contributed by atoms with Crippen LogP contribution in [0.2, 0.25) is 0 Å². The molecule has 94 valence electrons. The Morgan fingerprint density at radius 1 is 0.750 bits per heavy atom. The van der Waals surface area contributed by atoms with E-state index in [1.165, 1.54) is 12.8 Å². The van der Waals surface area contributed by atoms with E-state index < -0.39 is 0 Å². The molecular formula is C13H25NO2. The van der Waals surface area contributed by atoms with Crippen molar-refractivity contribution in [3.63, 3.8) is 0 Å². The molecule has 4 N–H and O–H groups in total. The Hall–Kier alpha value is -0.120. The lowest BCUT2D eigenvalue weighted by atomic mass is 9.72. The summed E-state index contributed by atoms with van der Waals surface area (Å²) in [7, 11) is 0. The van der Waals surface area contributed by atoms with Crippen LogP contribution in [0, 0.1) is 11.8 Å². The van der Waals surface area contributed by atoms with Crippen molar-refractivity contribution < 1.29 is 10.2 Å². The molecule has 0 aromatic rings. The fourth-order valence-corrected chi connectivity index (χ4v) is 3.50. The first-order chi connectivity index (χ1) is 7.70. The SMILES string of the molecule is NC(C1CCCCC1O)C1CCCCC1O. The summed E-state index contributed by atoms with van der Waals surface area (Å²) in [5, 5.41) is 20.0. The smallest absolute Gasteiger partial charge is 0.0583 e. The zero-order chi connectivity index (χ0) is 11.5. The molecule has 2 aliphatic rings. The van der Waals surface area contributed by atoms with Crippen LogP contribution in [-0.4, -0.2) is 28.5 Å². The maximum Gasteiger partial charge on any atom is 0.0583 e. The molecule has 3 heteroatoms. The zero-order valence-electron chi connectivity index (χ0n) is 10.0. The Bertz CT molecular complexity index is 200. The number of hydrogen-bond donors (Lipinski definition) is 3. The van der Waals surface area contributed by atoms with Crippen molar-refractivity contribution in [2.24, 2.45) is 17.6 Å². The molecule has 16 heavy (non-hydrogen) atoms. The second kappa shape index (κ2) is 5.48. The first kappa shape index (κ1) is 12.3. The normalized spacial score (nSPS) is 42.9. The van der Waals surface area contributed by atoms with Crippen LogP contribution >= 0.6 is 0 Å². The van der Waals surface area contributed by atoms with E-state index in [1.54, 1.807) is 0 Å². The molecule has 2 rings (SSSR count). The standard InChI is InChI=1S/C13H25NO2/c14-13(9-5-1-3-7-11(9)15)10-6-2-4-8-12(10)16/h9-13,15-16H,1-8,14H2. The molecular weight excluding hydrogens is 202 g/mol. The summed E-state index contributed by atoms with van der Waals surface area (Å²) in [5.41, 5.74) is 6.28. The molecule has 2 saturated carbocycles. The van der Waals surface area contributed by atoms with Crippen molar-refractivity contribution in [1.82, 2.24) is 0 Å². The number of aliphatic hydroxyl groups excluding tert-OH is 2. The van der Waals surface area contributed by atoms with Crippen LogP contribution in [0.3, 0.4) is 0 Å². The number of nitrogens with two attached hydrogens (primary N) is 1. The number of aliphatic hydroxyl groups is 2. The maximum absolute atomic E-state index is 9.99. The van der Waals surface area contributed by atoms with Crippen LogP contribution < -0.4 is 5.73 Å². The Balaban J connectivity index is 1.96. The minimum absolute atomic E-state index is 0.00870. The molecule has 0 aliphatic heterocycles. The molecule has 0 heterocycles. The Kier molecular flexibility index (Phi) is 4.22. The van der Waals surface area contributed by atoms with Gasteiger partial charge in [0.25, 0.3) is 0 Å². The van der Waals surface area contributed by atoms with Gasteiger partial charge in [0.2, 0.25) is 0 Å². The van der Waals surface area contributed by atoms with Crippen LogP contribution in [0.15, 0.2) is 0 Å². The zero-order valence-corrected chi connectivity index (χ0v) is 10.0. The first-order valence-corrected chi connectivity index (χ1v) is 6.82. The molecule has 0 radical (unpaired) electrons.